The van der Waals surface area contributed by atoms with Crippen LogP contribution in [0.15, 0.2) is 12.1 Å². The number of carbonyl (C=O) groups is 2. The van der Waals surface area contributed by atoms with E-state index in [1.54, 1.807) is 13.0 Å². The van der Waals surface area contributed by atoms with Gasteiger partial charge in [0, 0.05) is 18.2 Å². The predicted molar refractivity (Wildman–Crippen MR) is 74.4 cm³/mol. The first-order valence-corrected chi connectivity index (χ1v) is 6.25. The highest BCUT2D eigenvalue weighted by Gasteiger charge is 2.13. The summed E-state index contributed by atoms with van der Waals surface area (Å²) in [6, 6.07) is 3.06. The Kier molecular flexibility index (Phi) is 5.06. The largest absolute Gasteiger partial charge is 0.478 e. The molecular weight excluding hydrogens is 244 g/mol. The van der Waals surface area contributed by atoms with Crippen LogP contribution in [0.2, 0.25) is 0 Å². The Balaban J connectivity index is 2.91. The second kappa shape index (κ2) is 6.33. The molecule has 5 nitrogen and oxygen atoms in total. The molecule has 1 atom stereocenters. The minimum Gasteiger partial charge on any atom is -0.478 e. The number of nitrogens with one attached hydrogen (secondary N) is 1. The number of hydrogen-bond acceptors (Lipinski definition) is 3. The van der Waals surface area contributed by atoms with Gasteiger partial charge >= 0.3 is 5.97 Å². The third-order valence-electron chi connectivity index (χ3n) is 3.15. The van der Waals surface area contributed by atoms with Crippen LogP contribution in [0.5, 0.6) is 0 Å². The minimum absolute atomic E-state index is 0.175. The predicted octanol–water partition coefficient (Wildman–Crippen LogP) is 2.07. The van der Waals surface area contributed by atoms with Gasteiger partial charge in [0.15, 0.2) is 0 Å². The fraction of sp³-hybridized carbons (Fsp3) is 0.429. The van der Waals surface area contributed by atoms with Gasteiger partial charge in [0.1, 0.15) is 0 Å². The molecule has 0 fully saturated rings. The van der Waals surface area contributed by atoms with Crippen molar-refractivity contribution in [3.05, 3.63) is 28.8 Å². The van der Waals surface area contributed by atoms with Crippen LogP contribution in [0, 0.1) is 13.8 Å². The van der Waals surface area contributed by atoms with E-state index >= 15 is 0 Å². The van der Waals surface area contributed by atoms with E-state index in [0.717, 1.165) is 12.0 Å². The van der Waals surface area contributed by atoms with Crippen LogP contribution < -0.4 is 11.1 Å². The van der Waals surface area contributed by atoms with Gasteiger partial charge in [-0.1, -0.05) is 6.92 Å². The number of rotatable bonds is 5. The Morgan fingerprint density at radius 2 is 2.00 bits per heavy atom. The molecule has 0 aliphatic rings. The van der Waals surface area contributed by atoms with E-state index in [9.17, 15) is 9.59 Å². The first-order valence-electron chi connectivity index (χ1n) is 6.25. The molecule has 0 aliphatic heterocycles. The van der Waals surface area contributed by atoms with Crippen LogP contribution in [-0.2, 0) is 4.79 Å². The Morgan fingerprint density at radius 1 is 1.37 bits per heavy atom. The van der Waals surface area contributed by atoms with E-state index in [2.05, 4.69) is 5.32 Å². The molecule has 0 bridgehead atoms. The maximum atomic E-state index is 11.7. The number of amides is 1. The van der Waals surface area contributed by atoms with Crippen LogP contribution in [0.25, 0.3) is 0 Å². The lowest BCUT2D eigenvalue weighted by Gasteiger charge is -2.12. The van der Waals surface area contributed by atoms with Crippen LogP contribution in [-0.4, -0.2) is 23.0 Å². The summed E-state index contributed by atoms with van der Waals surface area (Å²) in [6.07, 6.45) is 0.951. The zero-order chi connectivity index (χ0) is 14.6. The zero-order valence-corrected chi connectivity index (χ0v) is 11.5. The summed E-state index contributed by atoms with van der Waals surface area (Å²) in [6.45, 7) is 5.48. The summed E-state index contributed by atoms with van der Waals surface area (Å²) in [5.74, 6) is -1.20. The second-order valence-electron chi connectivity index (χ2n) is 4.69. The fourth-order valence-electron chi connectivity index (χ4n) is 1.75. The SMILES string of the molecule is CCC(N)CC(=O)Nc1cc(C)c(C)c(C(=O)O)c1. The Labute approximate surface area is 112 Å². The number of aryl methyl sites for hydroxylation is 1. The molecule has 5 heteroatoms. The number of hydrogen-bond donors (Lipinski definition) is 3. The van der Waals surface area contributed by atoms with Crippen LogP contribution in [0.3, 0.4) is 0 Å². The van der Waals surface area contributed by atoms with Crippen molar-refractivity contribution in [3.8, 4) is 0 Å². The standard InChI is InChI=1S/C14H20N2O3/c1-4-10(15)6-13(17)16-11-5-8(2)9(3)12(7-11)14(18)19/h5,7,10H,4,6,15H2,1-3H3,(H,16,17)(H,18,19). The number of carbonyl (C=O) groups excluding carboxylic acids is 1. The monoisotopic (exact) mass is 264 g/mol. The van der Waals surface area contributed by atoms with Crippen molar-refractivity contribution in [3.63, 3.8) is 0 Å². The van der Waals surface area contributed by atoms with Gasteiger partial charge in [-0.3, -0.25) is 4.79 Å². The molecule has 0 saturated carbocycles. The molecule has 19 heavy (non-hydrogen) atoms. The third kappa shape index (κ3) is 4.06. The lowest BCUT2D eigenvalue weighted by atomic mass is 10.0. The molecule has 1 rings (SSSR count). The van der Waals surface area contributed by atoms with Crippen LogP contribution in [0.1, 0.15) is 41.3 Å². The van der Waals surface area contributed by atoms with Gasteiger partial charge in [-0.2, -0.15) is 0 Å². The molecule has 1 aromatic rings. The second-order valence-corrected chi connectivity index (χ2v) is 4.69. The summed E-state index contributed by atoms with van der Waals surface area (Å²) in [5.41, 5.74) is 7.94. The maximum Gasteiger partial charge on any atom is 0.336 e. The Bertz CT molecular complexity index is 498. The number of carboxylic acid groups (broad SMARTS) is 1. The van der Waals surface area contributed by atoms with Gasteiger partial charge in [-0.25, -0.2) is 4.79 Å². The molecule has 0 saturated heterocycles. The van der Waals surface area contributed by atoms with Gasteiger partial charge in [0.05, 0.1) is 5.56 Å². The van der Waals surface area contributed by atoms with Crippen molar-refractivity contribution >= 4 is 17.6 Å². The lowest BCUT2D eigenvalue weighted by molar-refractivity contribution is -0.116. The van der Waals surface area contributed by atoms with E-state index in [4.69, 9.17) is 10.8 Å². The molecule has 104 valence electrons. The molecule has 1 unspecified atom stereocenters. The van der Waals surface area contributed by atoms with E-state index in [1.165, 1.54) is 6.07 Å². The summed E-state index contributed by atoms with van der Waals surface area (Å²) in [7, 11) is 0. The zero-order valence-electron chi connectivity index (χ0n) is 11.5. The van der Waals surface area contributed by atoms with Gasteiger partial charge in [0.25, 0.3) is 0 Å². The Morgan fingerprint density at radius 3 is 2.53 bits per heavy atom. The lowest BCUT2D eigenvalue weighted by Crippen LogP contribution is -2.26. The summed E-state index contributed by atoms with van der Waals surface area (Å²) in [5, 5.41) is 11.8. The molecule has 1 amide bonds. The quantitative estimate of drug-likeness (QED) is 0.759. The molecule has 1 aromatic carbocycles. The summed E-state index contributed by atoms with van der Waals surface area (Å²) >= 11 is 0. The van der Waals surface area contributed by atoms with Crippen molar-refractivity contribution in [1.82, 2.24) is 0 Å². The fourth-order valence-corrected chi connectivity index (χ4v) is 1.75. The van der Waals surface area contributed by atoms with Crippen LogP contribution in [0.4, 0.5) is 5.69 Å². The topological polar surface area (TPSA) is 92.4 Å². The van der Waals surface area contributed by atoms with Crippen molar-refractivity contribution in [2.75, 3.05) is 5.32 Å². The van der Waals surface area contributed by atoms with Gasteiger partial charge < -0.3 is 16.2 Å². The highest BCUT2D eigenvalue weighted by atomic mass is 16.4. The van der Waals surface area contributed by atoms with E-state index < -0.39 is 5.97 Å². The molecule has 4 N–H and O–H groups in total. The average Bonchev–Trinajstić information content (AvgIpc) is 2.32. The van der Waals surface area contributed by atoms with Crippen molar-refractivity contribution in [1.29, 1.82) is 0 Å². The molecular formula is C14H20N2O3. The molecule has 0 heterocycles. The third-order valence-corrected chi connectivity index (χ3v) is 3.15. The van der Waals surface area contributed by atoms with Gasteiger partial charge in [-0.05, 0) is 43.5 Å². The normalized spacial score (nSPS) is 12.0. The molecule has 0 spiro atoms. The minimum atomic E-state index is -0.998. The van der Waals surface area contributed by atoms with E-state index in [1.807, 2.05) is 13.8 Å². The molecule has 0 aliphatic carbocycles. The van der Waals surface area contributed by atoms with Crippen molar-refractivity contribution in [2.45, 2.75) is 39.7 Å². The first kappa shape index (κ1) is 15.2. The summed E-state index contributed by atoms with van der Waals surface area (Å²) in [4.78, 5) is 22.8. The summed E-state index contributed by atoms with van der Waals surface area (Å²) < 4.78 is 0. The van der Waals surface area contributed by atoms with Gasteiger partial charge in [0.2, 0.25) is 5.91 Å². The van der Waals surface area contributed by atoms with Crippen molar-refractivity contribution < 1.29 is 14.7 Å². The highest BCUT2D eigenvalue weighted by molar-refractivity contribution is 5.95. The van der Waals surface area contributed by atoms with E-state index in [-0.39, 0.29) is 23.9 Å². The molecule has 0 aromatic heterocycles. The first-order chi connectivity index (χ1) is 8.85. The smallest absolute Gasteiger partial charge is 0.336 e. The van der Waals surface area contributed by atoms with Crippen LogP contribution >= 0.6 is 0 Å². The number of benzene rings is 1. The van der Waals surface area contributed by atoms with Crippen molar-refractivity contribution in [2.24, 2.45) is 5.73 Å². The highest BCUT2D eigenvalue weighted by Crippen LogP contribution is 2.20. The van der Waals surface area contributed by atoms with E-state index in [0.29, 0.717) is 11.3 Å². The Hall–Kier alpha value is -1.88. The maximum absolute atomic E-state index is 11.7. The number of carboxylic acids is 1. The average molecular weight is 264 g/mol. The van der Waals surface area contributed by atoms with Gasteiger partial charge in [-0.15, -0.1) is 0 Å². The number of anilines is 1. The number of aromatic carboxylic acids is 1. The molecule has 0 radical (unpaired) electrons. The number of nitrogens with two attached hydrogens (primary N) is 1.